The number of fused-ring (bicyclic) bond motifs is 1. The van der Waals surface area contributed by atoms with Crippen LogP contribution < -0.4 is 10.6 Å². The van der Waals surface area contributed by atoms with Crippen molar-refractivity contribution in [2.45, 2.75) is 43.6 Å². The van der Waals surface area contributed by atoms with Crippen LogP contribution in [-0.2, 0) is 5.54 Å². The molecule has 2 aliphatic rings. The van der Waals surface area contributed by atoms with Crippen LogP contribution in [0.15, 0.2) is 33.2 Å². The van der Waals surface area contributed by atoms with Gasteiger partial charge in [0.05, 0.1) is 5.54 Å². The Morgan fingerprint density at radius 2 is 1.88 bits per heavy atom. The summed E-state index contributed by atoms with van der Waals surface area (Å²) >= 11 is 0. The standard InChI is InChI=1S/C18H21N5O2.ClH/c19-18(8-3-9-18)16-21-15(25-22-16)12-6-10-23(11-7-12)17-20-13-4-1-2-5-14(13)24-17;/h1-2,4-5,12H,3,6-11,19H2;1H. The second-order valence-electron chi connectivity index (χ2n) is 7.19. The van der Waals surface area contributed by atoms with Crippen LogP contribution in [0.4, 0.5) is 6.01 Å². The zero-order chi connectivity index (χ0) is 16.9. The Morgan fingerprint density at radius 3 is 2.58 bits per heavy atom. The summed E-state index contributed by atoms with van der Waals surface area (Å²) in [7, 11) is 0. The second-order valence-corrected chi connectivity index (χ2v) is 7.19. The molecule has 0 atom stereocenters. The summed E-state index contributed by atoms with van der Waals surface area (Å²) < 4.78 is 11.4. The molecule has 1 saturated heterocycles. The quantitative estimate of drug-likeness (QED) is 0.749. The van der Waals surface area contributed by atoms with Crippen LogP contribution in [0.5, 0.6) is 0 Å². The minimum atomic E-state index is -0.360. The molecule has 2 N–H and O–H groups in total. The molecule has 138 valence electrons. The Kier molecular flexibility index (Phi) is 4.36. The number of oxazole rings is 1. The first kappa shape index (κ1) is 17.3. The Hall–Kier alpha value is -2.12. The molecular formula is C18H22ClN5O2. The van der Waals surface area contributed by atoms with Crippen molar-refractivity contribution in [3.8, 4) is 0 Å². The van der Waals surface area contributed by atoms with E-state index in [-0.39, 0.29) is 23.9 Å². The average molecular weight is 376 g/mol. The van der Waals surface area contributed by atoms with Gasteiger partial charge in [0.1, 0.15) is 5.52 Å². The third-order valence-electron chi connectivity index (χ3n) is 5.53. The number of benzene rings is 1. The van der Waals surface area contributed by atoms with Crippen LogP contribution in [0.2, 0.25) is 0 Å². The van der Waals surface area contributed by atoms with Crippen LogP contribution in [0, 0.1) is 0 Å². The van der Waals surface area contributed by atoms with Gasteiger partial charge in [-0.2, -0.15) is 9.97 Å². The van der Waals surface area contributed by atoms with Gasteiger partial charge in [-0.05, 0) is 44.2 Å². The van der Waals surface area contributed by atoms with Crippen molar-refractivity contribution < 1.29 is 8.94 Å². The lowest BCUT2D eigenvalue weighted by molar-refractivity contribution is 0.228. The number of para-hydroxylation sites is 2. The Morgan fingerprint density at radius 1 is 1.12 bits per heavy atom. The number of halogens is 1. The molecule has 3 aromatic rings. The molecule has 5 rings (SSSR count). The van der Waals surface area contributed by atoms with E-state index in [4.69, 9.17) is 14.7 Å². The SMILES string of the molecule is Cl.NC1(c2noc(C3CCN(c4nc5ccccc5o4)CC3)n2)CCC1. The van der Waals surface area contributed by atoms with Gasteiger partial charge in [0.2, 0.25) is 5.89 Å². The van der Waals surface area contributed by atoms with Crippen molar-refractivity contribution in [2.24, 2.45) is 5.73 Å². The molecule has 1 saturated carbocycles. The maximum atomic E-state index is 6.29. The molecule has 26 heavy (non-hydrogen) atoms. The highest BCUT2D eigenvalue weighted by molar-refractivity contribution is 5.85. The van der Waals surface area contributed by atoms with E-state index >= 15 is 0 Å². The molecule has 1 aliphatic heterocycles. The van der Waals surface area contributed by atoms with Crippen LogP contribution in [-0.4, -0.2) is 28.2 Å². The number of rotatable bonds is 3. The van der Waals surface area contributed by atoms with Gasteiger partial charge in [0, 0.05) is 19.0 Å². The fourth-order valence-corrected chi connectivity index (χ4v) is 3.70. The molecule has 0 radical (unpaired) electrons. The highest BCUT2D eigenvalue weighted by Gasteiger charge is 2.39. The predicted octanol–water partition coefficient (Wildman–Crippen LogP) is 3.35. The molecule has 8 heteroatoms. The summed E-state index contributed by atoms with van der Waals surface area (Å²) in [5, 5.41) is 4.14. The third kappa shape index (κ3) is 2.85. The Balaban J connectivity index is 0.00000168. The van der Waals surface area contributed by atoms with Gasteiger partial charge in [0.15, 0.2) is 11.4 Å². The molecule has 3 heterocycles. The summed E-state index contributed by atoms with van der Waals surface area (Å²) in [6.45, 7) is 1.73. The molecule has 0 amide bonds. The van der Waals surface area contributed by atoms with E-state index in [2.05, 4.69) is 20.0 Å². The maximum absolute atomic E-state index is 6.29. The molecule has 1 aliphatic carbocycles. The summed E-state index contributed by atoms with van der Waals surface area (Å²) in [5.41, 5.74) is 7.65. The highest BCUT2D eigenvalue weighted by Crippen LogP contribution is 2.38. The summed E-state index contributed by atoms with van der Waals surface area (Å²) in [5.74, 6) is 1.68. The van der Waals surface area contributed by atoms with E-state index in [0.717, 1.165) is 62.2 Å². The van der Waals surface area contributed by atoms with E-state index < -0.39 is 0 Å². The topological polar surface area (TPSA) is 94.2 Å². The van der Waals surface area contributed by atoms with Gasteiger partial charge in [-0.15, -0.1) is 12.4 Å². The van der Waals surface area contributed by atoms with E-state index in [0.29, 0.717) is 11.8 Å². The van der Waals surface area contributed by atoms with Crippen LogP contribution in [0.1, 0.15) is 49.7 Å². The van der Waals surface area contributed by atoms with Crippen molar-refractivity contribution in [2.75, 3.05) is 18.0 Å². The summed E-state index contributed by atoms with van der Waals surface area (Å²) in [6, 6.07) is 8.55. The minimum Gasteiger partial charge on any atom is -0.423 e. The monoisotopic (exact) mass is 375 g/mol. The summed E-state index contributed by atoms with van der Waals surface area (Å²) in [4.78, 5) is 11.4. The van der Waals surface area contributed by atoms with Gasteiger partial charge in [0.25, 0.3) is 6.01 Å². The lowest BCUT2D eigenvalue weighted by Gasteiger charge is -2.34. The van der Waals surface area contributed by atoms with Gasteiger partial charge in [-0.1, -0.05) is 17.3 Å². The molecular weight excluding hydrogens is 354 g/mol. The number of hydrogen-bond acceptors (Lipinski definition) is 7. The van der Waals surface area contributed by atoms with Crippen molar-refractivity contribution in [3.63, 3.8) is 0 Å². The molecule has 2 aromatic heterocycles. The average Bonchev–Trinajstić information content (AvgIpc) is 3.27. The molecule has 0 spiro atoms. The Bertz CT molecular complexity index is 863. The van der Waals surface area contributed by atoms with Gasteiger partial charge >= 0.3 is 0 Å². The third-order valence-corrected chi connectivity index (χ3v) is 5.53. The highest BCUT2D eigenvalue weighted by atomic mass is 35.5. The van der Waals surface area contributed by atoms with Gasteiger partial charge < -0.3 is 19.6 Å². The number of anilines is 1. The van der Waals surface area contributed by atoms with Crippen molar-refractivity contribution >= 4 is 29.5 Å². The molecule has 1 aromatic carbocycles. The van der Waals surface area contributed by atoms with Crippen molar-refractivity contribution in [3.05, 3.63) is 36.0 Å². The van der Waals surface area contributed by atoms with E-state index in [1.54, 1.807) is 0 Å². The first-order valence-electron chi connectivity index (χ1n) is 8.95. The first-order chi connectivity index (χ1) is 12.2. The number of nitrogens with two attached hydrogens (primary N) is 1. The number of nitrogens with zero attached hydrogens (tertiary/aromatic N) is 4. The minimum absolute atomic E-state index is 0. The van der Waals surface area contributed by atoms with Crippen molar-refractivity contribution in [1.29, 1.82) is 0 Å². The largest absolute Gasteiger partial charge is 0.423 e. The van der Waals surface area contributed by atoms with E-state index in [9.17, 15) is 0 Å². The van der Waals surface area contributed by atoms with Crippen molar-refractivity contribution in [1.82, 2.24) is 15.1 Å². The first-order valence-corrected chi connectivity index (χ1v) is 8.95. The fraction of sp³-hybridized carbons (Fsp3) is 0.500. The lowest BCUT2D eigenvalue weighted by Crippen LogP contribution is -2.44. The molecule has 2 fully saturated rings. The number of piperidine rings is 1. The van der Waals surface area contributed by atoms with Crippen LogP contribution >= 0.6 is 12.4 Å². The smallest absolute Gasteiger partial charge is 0.298 e. The zero-order valence-corrected chi connectivity index (χ0v) is 15.2. The van der Waals surface area contributed by atoms with E-state index in [1.807, 2.05) is 24.3 Å². The fourth-order valence-electron chi connectivity index (χ4n) is 3.70. The predicted molar refractivity (Wildman–Crippen MR) is 99.5 cm³/mol. The van der Waals surface area contributed by atoms with Gasteiger partial charge in [-0.25, -0.2) is 0 Å². The number of hydrogen-bond donors (Lipinski definition) is 1. The zero-order valence-electron chi connectivity index (χ0n) is 14.4. The second kappa shape index (κ2) is 6.55. The maximum Gasteiger partial charge on any atom is 0.298 e. The molecule has 7 nitrogen and oxygen atoms in total. The van der Waals surface area contributed by atoms with E-state index in [1.165, 1.54) is 0 Å². The van der Waals surface area contributed by atoms with Crippen LogP contribution in [0.3, 0.4) is 0 Å². The normalized spacial score (nSPS) is 20.0. The number of aromatic nitrogens is 3. The summed E-state index contributed by atoms with van der Waals surface area (Å²) in [6.07, 6.45) is 4.92. The molecule has 0 bridgehead atoms. The Labute approximate surface area is 157 Å². The molecule has 0 unspecified atom stereocenters. The lowest BCUT2D eigenvalue weighted by atomic mass is 9.77. The van der Waals surface area contributed by atoms with Crippen LogP contribution in [0.25, 0.3) is 11.1 Å². The van der Waals surface area contributed by atoms with Gasteiger partial charge in [-0.3, -0.25) is 0 Å².